The summed E-state index contributed by atoms with van der Waals surface area (Å²) < 4.78 is 6.76. The fraction of sp³-hybridized carbons (Fsp3) is 0. The molecule has 8 heteroatoms. The van der Waals surface area contributed by atoms with Gasteiger partial charge in [0.15, 0.2) is 0 Å². The third kappa shape index (κ3) is 4.36. The summed E-state index contributed by atoms with van der Waals surface area (Å²) >= 11 is 0. The maximum atomic E-state index is 7.89. The Labute approximate surface area is 70.9 Å². The molecule has 1 aliphatic heterocycles. The predicted octanol–water partition coefficient (Wildman–Crippen LogP) is -0.952. The van der Waals surface area contributed by atoms with Crippen LogP contribution in [0.15, 0.2) is 0 Å². The maximum absolute atomic E-state index is 7.89. The quantitative estimate of drug-likeness (QED) is 0.209. The average molecular weight is 214 g/mol. The van der Waals surface area contributed by atoms with E-state index < -0.39 is 7.74 Å². The smallest absolute Gasteiger partial charge is 0 e. The van der Waals surface area contributed by atoms with E-state index >= 15 is 0 Å². The zero-order valence-corrected chi connectivity index (χ0v) is 7.24. The van der Waals surface area contributed by atoms with Crippen LogP contribution in [-0.4, -0.2) is 14.7 Å². The molecule has 0 bridgehead atoms. The Balaban J connectivity index is 0. The zero-order valence-electron chi connectivity index (χ0n) is 3.51. The van der Waals surface area contributed by atoms with E-state index in [1.54, 1.807) is 0 Å². The van der Waals surface area contributed by atoms with Gasteiger partial charge in [-0.15, -0.1) is 0 Å². The van der Waals surface area contributed by atoms with Gasteiger partial charge in [-0.1, -0.05) is 0 Å². The molecule has 0 aromatic heterocycles. The molecular weight excluding hydrogens is 211 g/mol. The molecule has 0 aromatic rings. The first-order chi connectivity index (χ1) is 2.47. The van der Waals surface area contributed by atoms with Gasteiger partial charge in [0.05, 0.1) is 0 Å². The molecule has 1 rings (SSSR count). The van der Waals surface area contributed by atoms with Gasteiger partial charge in [0, 0.05) is 39.1 Å². The van der Waals surface area contributed by atoms with Crippen molar-refractivity contribution in [3.8, 4) is 0 Å². The van der Waals surface area contributed by atoms with Crippen molar-refractivity contribution in [2.45, 2.75) is 0 Å². The van der Waals surface area contributed by atoms with Gasteiger partial charge in [0.25, 0.3) is 0 Å². The minimum atomic E-state index is -4.80. The molecule has 3 N–H and O–H groups in total. The summed E-state index contributed by atoms with van der Waals surface area (Å²) in [6.45, 7) is 0. The molecule has 5 nitrogen and oxygen atoms in total. The molecule has 8 heavy (non-hydrogen) atoms. The molecule has 0 aromatic carbocycles. The number of rotatable bonds is 0. The van der Waals surface area contributed by atoms with Crippen molar-refractivity contribution >= 4 is 7.74 Å². The van der Waals surface area contributed by atoms with E-state index in [9.17, 15) is 0 Å². The van der Waals surface area contributed by atoms with Crippen LogP contribution in [-0.2, 0) is 48.4 Å². The Bertz CT molecular complexity index is 76.2. The molecule has 48 valence electrons. The van der Waals surface area contributed by atoms with Crippen molar-refractivity contribution in [2.75, 3.05) is 0 Å². The van der Waals surface area contributed by atoms with Gasteiger partial charge < -0.3 is 0 Å². The van der Waals surface area contributed by atoms with E-state index in [0.29, 0.717) is 0 Å². The number of hydrogen-bond donors (Lipinski definition) is 3. The van der Waals surface area contributed by atoms with Crippen LogP contribution in [0.1, 0.15) is 0 Å². The second-order valence-electron chi connectivity index (χ2n) is 0.982. The average Bonchev–Trinajstić information content (AvgIpc) is 1.73. The van der Waals surface area contributed by atoms with Crippen molar-refractivity contribution in [3.05, 3.63) is 0 Å². The van der Waals surface area contributed by atoms with E-state index in [-0.39, 0.29) is 39.1 Å². The molecule has 0 saturated carbocycles. The summed E-state index contributed by atoms with van der Waals surface area (Å²) in [6, 6.07) is 0. The third-order valence-electron chi connectivity index (χ3n) is 0.275. The van der Waals surface area contributed by atoms with Gasteiger partial charge in [0.2, 0.25) is 0 Å². The van der Waals surface area contributed by atoms with Crippen LogP contribution in [0.3, 0.4) is 0 Å². The summed E-state index contributed by atoms with van der Waals surface area (Å²) in [6.07, 6.45) is 0. The molecule has 1 heterocycles. The topological polar surface area (TPSA) is 85.8 Å². The van der Waals surface area contributed by atoms with Crippen molar-refractivity contribution in [3.63, 3.8) is 0 Å². The van der Waals surface area contributed by atoms with Crippen molar-refractivity contribution in [1.82, 2.24) is 0 Å². The fourth-order valence-corrected chi connectivity index (χ4v) is 0.402. The monoisotopic (exact) mass is 214 g/mol. The van der Waals surface area contributed by atoms with Crippen LogP contribution >= 0.6 is 7.74 Å². The van der Waals surface area contributed by atoms with Crippen molar-refractivity contribution in [1.29, 1.82) is 0 Å². The summed E-state index contributed by atoms with van der Waals surface area (Å²) in [4.78, 5) is 23.7. The van der Waals surface area contributed by atoms with Crippen LogP contribution in [0, 0.1) is 0 Å². The van der Waals surface area contributed by atoms with E-state index in [1.807, 2.05) is 0 Å². The number of hydrogen-bond acceptors (Lipinski definition) is 5. The van der Waals surface area contributed by atoms with Gasteiger partial charge in [-0.2, -0.15) is 0 Å². The third-order valence-corrected chi connectivity index (χ3v) is 0.824. The molecule has 1 aliphatic rings. The first kappa shape index (κ1) is 12.2. The van der Waals surface area contributed by atoms with Crippen molar-refractivity contribution in [2.24, 2.45) is 0 Å². The van der Waals surface area contributed by atoms with E-state index in [2.05, 4.69) is 9.35 Å². The van der Waals surface area contributed by atoms with Gasteiger partial charge in [-0.3, -0.25) is 0 Å². The second-order valence-corrected chi connectivity index (χ2v) is 2.95. The second kappa shape index (κ2) is 2.61. The summed E-state index contributed by atoms with van der Waals surface area (Å²) in [7, 11) is -4.80. The van der Waals surface area contributed by atoms with Crippen LogP contribution < -0.4 is 0 Å². The van der Waals surface area contributed by atoms with Crippen molar-refractivity contribution < 1.29 is 63.1 Å². The first-order valence-corrected chi connectivity index (χ1v) is 3.06. The molecule has 1 saturated heterocycles. The maximum Gasteiger partial charge on any atom is 0 e. The summed E-state index contributed by atoms with van der Waals surface area (Å²) in [5.74, 6) is 0. The SMILES string of the molecule is OP1(O)(O)OO1.[Cr].[Ti]. The van der Waals surface area contributed by atoms with Gasteiger partial charge in [-0.25, -0.2) is 0 Å². The Morgan fingerprint density at radius 2 is 1.12 bits per heavy atom. The van der Waals surface area contributed by atoms with E-state index in [0.717, 1.165) is 0 Å². The molecule has 1 fully saturated rings. The Morgan fingerprint density at radius 3 is 1.12 bits per heavy atom. The Hall–Kier alpha value is 1.48. The van der Waals surface area contributed by atoms with Crippen LogP contribution in [0.25, 0.3) is 0 Å². The minimum Gasteiger partial charge on any atom is 0 e. The summed E-state index contributed by atoms with van der Waals surface area (Å²) in [5, 5.41) is 0. The molecular formula is H3CrO5PTi. The molecule has 0 atom stereocenters. The van der Waals surface area contributed by atoms with Crippen LogP contribution in [0.4, 0.5) is 0 Å². The Kier molecular flexibility index (Phi) is 3.97. The molecule has 0 unspecified atom stereocenters. The van der Waals surface area contributed by atoms with Gasteiger partial charge >= 0.3 is 31.8 Å². The molecule has 0 amide bonds. The predicted molar refractivity (Wildman–Crippen MR) is 15.7 cm³/mol. The fourth-order valence-electron chi connectivity index (χ4n) is 0.0447. The standard InChI is InChI=1S/Cr.H3O5P.Ti/c;1-6(2,3)4-5-6;/h;1-3H;. The minimum absolute atomic E-state index is 0. The largest absolute Gasteiger partial charge is 0 e. The molecule has 0 spiro atoms. The van der Waals surface area contributed by atoms with E-state index in [1.165, 1.54) is 0 Å². The Morgan fingerprint density at radius 1 is 1.00 bits per heavy atom. The van der Waals surface area contributed by atoms with Gasteiger partial charge in [0.1, 0.15) is 0 Å². The van der Waals surface area contributed by atoms with Gasteiger partial charge in [-0.05, 0) is 0 Å². The molecule has 0 aliphatic carbocycles. The van der Waals surface area contributed by atoms with Crippen LogP contribution in [0.5, 0.6) is 0 Å². The summed E-state index contributed by atoms with van der Waals surface area (Å²) in [5.41, 5.74) is 0. The van der Waals surface area contributed by atoms with Crippen LogP contribution in [0.2, 0.25) is 0 Å². The zero-order chi connectivity index (χ0) is 4.86. The normalized spacial score (nSPS) is 32.1. The molecule has 0 radical (unpaired) electrons. The van der Waals surface area contributed by atoms with E-state index in [4.69, 9.17) is 14.7 Å². The first-order valence-electron chi connectivity index (χ1n) is 1.13.